The van der Waals surface area contributed by atoms with E-state index in [1.54, 1.807) is 51.9 Å². The number of aromatic nitrogens is 6. The molecule has 3 rings (SSSR count). The Morgan fingerprint density at radius 3 is 1.72 bits per heavy atom. The van der Waals surface area contributed by atoms with E-state index in [2.05, 4.69) is 87.2 Å². The molecular formula is C27H42Cl3N11O7S2. The number of carbonyl (C=O) groups is 2. The van der Waals surface area contributed by atoms with Crippen molar-refractivity contribution in [3.8, 4) is 0 Å². The molecule has 18 nitrogen and oxygen atoms in total. The van der Waals surface area contributed by atoms with Gasteiger partial charge in [0.1, 0.15) is 10.3 Å². The van der Waals surface area contributed by atoms with Crippen molar-refractivity contribution in [2.45, 2.75) is 12.8 Å². The minimum absolute atomic E-state index is 0.178. The van der Waals surface area contributed by atoms with Gasteiger partial charge in [0.25, 0.3) is 0 Å². The Hall–Kier alpha value is -3.15. The zero-order valence-corrected chi connectivity index (χ0v) is 31.6. The lowest BCUT2D eigenvalue weighted by Gasteiger charge is -2.05. The number of halogens is 3. The summed E-state index contributed by atoms with van der Waals surface area (Å²) in [5.74, 6) is 0.109. The van der Waals surface area contributed by atoms with E-state index in [1.807, 2.05) is 9.77 Å². The number of carbonyl (C=O) groups excluding carboxylic acids is 2. The highest BCUT2D eigenvalue weighted by atomic mass is 35.5. The molecular weight excluding hydrogens is 761 g/mol. The molecule has 0 bridgehead atoms. The van der Waals surface area contributed by atoms with Crippen LogP contribution in [-0.4, -0.2) is 103 Å². The van der Waals surface area contributed by atoms with Gasteiger partial charge in [-0.15, -0.1) is 0 Å². The average molecular weight is 803 g/mol. The molecule has 280 valence electrons. The van der Waals surface area contributed by atoms with E-state index in [0.717, 1.165) is 11.8 Å². The van der Waals surface area contributed by atoms with Gasteiger partial charge in [0.15, 0.2) is 0 Å². The lowest BCUT2D eigenvalue weighted by atomic mass is 10.2. The summed E-state index contributed by atoms with van der Waals surface area (Å²) < 4.78 is 14.3. The van der Waals surface area contributed by atoms with Gasteiger partial charge in [-0.2, -0.15) is 0 Å². The summed E-state index contributed by atoms with van der Waals surface area (Å²) in [6.07, 6.45) is 6.48. The molecule has 0 saturated heterocycles. The van der Waals surface area contributed by atoms with Gasteiger partial charge in [0.05, 0.1) is 26.2 Å². The highest BCUT2D eigenvalue weighted by Crippen LogP contribution is 2.06. The first kappa shape index (κ1) is 49.0. The monoisotopic (exact) mass is 801 g/mol. The molecule has 0 atom stereocenters. The van der Waals surface area contributed by atoms with Crippen LogP contribution in [-0.2, 0) is 39.9 Å². The Bertz CT molecular complexity index is 1300. The van der Waals surface area contributed by atoms with Crippen molar-refractivity contribution < 1.29 is 33.5 Å². The average Bonchev–Trinajstić information content (AvgIpc) is 3.09. The molecule has 6 N–H and O–H groups in total. The summed E-state index contributed by atoms with van der Waals surface area (Å²) in [7, 11) is 4.90. The fourth-order valence-corrected chi connectivity index (χ4v) is 3.08. The second kappa shape index (κ2) is 35.7. The van der Waals surface area contributed by atoms with Crippen LogP contribution in [0.1, 0.15) is 12.1 Å². The number of ether oxygens (including phenoxy) is 3. The number of methoxy groups -OCH3 is 3. The molecule has 0 aromatic carbocycles. The molecule has 0 aliphatic carbocycles. The van der Waals surface area contributed by atoms with Crippen LogP contribution in [0.3, 0.4) is 0 Å². The number of thiol groups is 2. The lowest BCUT2D eigenvalue weighted by molar-refractivity contribution is -0.146. The maximum atomic E-state index is 11.1. The predicted octanol–water partition coefficient (Wildman–Crippen LogP) is 2.99. The van der Waals surface area contributed by atoms with Crippen molar-refractivity contribution in [2.24, 2.45) is 5.73 Å². The summed E-state index contributed by atoms with van der Waals surface area (Å²) in [6.45, 7) is 6.92. The molecule has 3 aromatic heterocycles. The first-order valence-corrected chi connectivity index (χ1v) is 16.0. The van der Waals surface area contributed by atoms with Crippen molar-refractivity contribution in [3.63, 3.8) is 0 Å². The summed E-state index contributed by atoms with van der Waals surface area (Å²) in [4.78, 5) is 56.9. The Balaban J connectivity index is 0. The fraction of sp³-hybridized carbons (Fsp3) is 0.407. The minimum Gasteiger partial charge on any atom is -0.383 e. The quantitative estimate of drug-likeness (QED) is 0.0276. The van der Waals surface area contributed by atoms with Crippen LogP contribution >= 0.6 is 60.4 Å². The maximum absolute atomic E-state index is 11.1. The largest absolute Gasteiger partial charge is 0.383 e. The van der Waals surface area contributed by atoms with Crippen molar-refractivity contribution >= 4 is 84.3 Å². The van der Waals surface area contributed by atoms with Gasteiger partial charge in [-0.3, -0.25) is 4.79 Å². The van der Waals surface area contributed by atoms with Gasteiger partial charge >= 0.3 is 11.9 Å². The number of nitrogens with one attached hydrogen (secondary N) is 4. The number of hydrogen-bond acceptors (Lipinski definition) is 20. The van der Waals surface area contributed by atoms with Crippen molar-refractivity contribution in [1.82, 2.24) is 39.7 Å². The third-order valence-corrected chi connectivity index (χ3v) is 5.27. The van der Waals surface area contributed by atoms with Gasteiger partial charge in [-0.1, -0.05) is 65.2 Å². The summed E-state index contributed by atoms with van der Waals surface area (Å²) in [5, 5.41) is 6.94. The highest BCUT2D eigenvalue weighted by Gasteiger charge is 2.05. The first-order valence-electron chi connectivity index (χ1n) is 14.0. The second-order valence-electron chi connectivity index (χ2n) is 8.13. The molecule has 3 heterocycles. The zero-order valence-electron chi connectivity index (χ0n) is 27.6. The van der Waals surface area contributed by atoms with Gasteiger partial charge in [-0.25, -0.2) is 34.7 Å². The minimum atomic E-state index is -0.546. The second-order valence-corrected chi connectivity index (χ2v) is 9.60. The third-order valence-electron chi connectivity index (χ3n) is 4.49. The van der Waals surface area contributed by atoms with E-state index in [0.29, 0.717) is 68.1 Å². The van der Waals surface area contributed by atoms with Crippen molar-refractivity contribution in [1.29, 1.82) is 0 Å². The van der Waals surface area contributed by atoms with E-state index in [-0.39, 0.29) is 11.7 Å². The number of anilines is 2. The fourth-order valence-electron chi connectivity index (χ4n) is 2.42. The topological polar surface area (TPSA) is 232 Å². The van der Waals surface area contributed by atoms with Gasteiger partial charge in [-0.05, 0) is 29.8 Å². The summed E-state index contributed by atoms with van der Waals surface area (Å²) >= 11 is 23.3. The van der Waals surface area contributed by atoms with Crippen LogP contribution < -0.4 is 26.1 Å². The molecule has 23 heteroatoms. The van der Waals surface area contributed by atoms with E-state index in [4.69, 9.17) is 50.0 Å². The Morgan fingerprint density at radius 1 is 0.800 bits per heavy atom. The smallest absolute Gasteiger partial charge is 0.349 e. The number of hydrogen-bond donors (Lipinski definition) is 7. The van der Waals surface area contributed by atoms with Crippen LogP contribution in [0.4, 0.5) is 11.9 Å². The van der Waals surface area contributed by atoms with Crippen LogP contribution in [0.15, 0.2) is 49.4 Å². The van der Waals surface area contributed by atoms with Crippen LogP contribution in [0.2, 0.25) is 15.6 Å². The Labute approximate surface area is 317 Å². The highest BCUT2D eigenvalue weighted by molar-refractivity contribution is 7.78. The number of nitrogens with zero attached hydrogens (tertiary/aromatic N) is 6. The molecule has 3 aromatic rings. The van der Waals surface area contributed by atoms with Gasteiger partial charge < -0.3 is 40.3 Å². The van der Waals surface area contributed by atoms with E-state index < -0.39 is 11.9 Å². The van der Waals surface area contributed by atoms with Gasteiger partial charge in [0.2, 0.25) is 17.2 Å². The molecule has 0 unspecified atom stereocenters. The standard InChI is InChI=1S/C10H16N4O3S.C7H10ClN3O.C4H2Cl2N2.C3H5NO2S.C3H9NO/c1-16-7-6-12-10-11-5-4-8(13-10)2-3-9(15)17-14-18;1-12-5-4-10-7-9-3-2-6(8)11-7;5-3-1-2-7-4(6)8-3;1-2-3(5)6-4-7;1-5-3-2-4/h4-5,14,18H,2-3,6-7H2,1H3,(H,11,12,13);2-3H,4-5H2,1H3,(H,9,10,11);1-2H;2,4,7H,1H2;2-4H2,1H3. The van der Waals surface area contributed by atoms with Crippen LogP contribution in [0.5, 0.6) is 0 Å². The Morgan fingerprint density at radius 2 is 1.32 bits per heavy atom. The number of aryl methyl sites for hydroxylation is 1. The Kier molecular flexibility index (Phi) is 34.9. The molecule has 0 spiro atoms. The van der Waals surface area contributed by atoms with Gasteiger partial charge in [0, 0.05) is 77.7 Å². The third kappa shape index (κ3) is 32.1. The molecule has 50 heavy (non-hydrogen) atoms. The molecule has 0 aliphatic heterocycles. The van der Waals surface area contributed by atoms with Crippen LogP contribution in [0, 0.1) is 0 Å². The first-order chi connectivity index (χ1) is 24.1. The van der Waals surface area contributed by atoms with Crippen LogP contribution in [0.25, 0.3) is 0 Å². The normalized spacial score (nSPS) is 9.38. The number of nitrogens with two attached hydrogens (primary N) is 1. The van der Waals surface area contributed by atoms with E-state index in [1.165, 1.54) is 6.20 Å². The molecule has 0 amide bonds. The molecule has 0 saturated carbocycles. The SMILES string of the molecule is C=CC(=O)ONS.COCCN.COCCNc1nccc(CCC(=O)ONS)n1.COCCNc1nccc(Cl)n1.Clc1ccnc(Cl)n1. The van der Waals surface area contributed by atoms with E-state index in [9.17, 15) is 9.59 Å². The molecule has 0 fully saturated rings. The summed E-state index contributed by atoms with van der Waals surface area (Å²) in [6, 6.07) is 4.94. The number of rotatable bonds is 16. The summed E-state index contributed by atoms with van der Waals surface area (Å²) in [5.41, 5.74) is 5.78. The van der Waals surface area contributed by atoms with Crippen molar-refractivity contribution in [2.75, 3.05) is 71.4 Å². The molecule has 0 radical (unpaired) electrons. The zero-order chi connectivity index (χ0) is 37.8. The van der Waals surface area contributed by atoms with Crippen molar-refractivity contribution in [3.05, 3.63) is 70.7 Å². The maximum Gasteiger partial charge on any atom is 0.349 e. The van der Waals surface area contributed by atoms with E-state index >= 15 is 0 Å². The predicted molar refractivity (Wildman–Crippen MR) is 198 cm³/mol. The lowest BCUT2D eigenvalue weighted by Crippen LogP contribution is -2.13. The molecule has 0 aliphatic rings.